The van der Waals surface area contributed by atoms with Crippen molar-refractivity contribution in [2.24, 2.45) is 11.7 Å². The van der Waals surface area contributed by atoms with Crippen LogP contribution in [0.4, 0.5) is 4.39 Å². The molecule has 0 aromatic heterocycles. The second-order valence-electron chi connectivity index (χ2n) is 4.61. The zero-order valence-corrected chi connectivity index (χ0v) is 10.3. The van der Waals surface area contributed by atoms with Gasteiger partial charge in [0.2, 0.25) is 5.91 Å². The Hall–Kier alpha value is -1.95. The van der Waals surface area contributed by atoms with Gasteiger partial charge in [-0.2, -0.15) is 0 Å². The highest BCUT2D eigenvalue weighted by molar-refractivity contribution is 5.86. The van der Waals surface area contributed by atoms with Crippen LogP contribution in [0, 0.1) is 11.7 Å². The normalized spacial score (nSPS) is 20.6. The number of nitrogens with two attached hydrogens (primary N) is 1. The van der Waals surface area contributed by atoms with Crippen molar-refractivity contribution < 1.29 is 19.1 Å². The van der Waals surface area contributed by atoms with E-state index in [4.69, 9.17) is 5.73 Å². The third-order valence-electron chi connectivity index (χ3n) is 3.32. The van der Waals surface area contributed by atoms with Gasteiger partial charge in [-0.05, 0) is 18.5 Å². The van der Waals surface area contributed by atoms with Crippen molar-refractivity contribution in [3.63, 3.8) is 0 Å². The van der Waals surface area contributed by atoms with E-state index >= 15 is 0 Å². The molecule has 1 amide bonds. The number of carbonyl (C=O) groups excluding carboxylic acids is 1. The Morgan fingerprint density at radius 2 is 2.21 bits per heavy atom. The molecule has 0 saturated carbocycles. The highest BCUT2D eigenvalue weighted by atomic mass is 19.1. The van der Waals surface area contributed by atoms with Crippen molar-refractivity contribution in [3.05, 3.63) is 35.6 Å². The summed E-state index contributed by atoms with van der Waals surface area (Å²) < 4.78 is 13.7. The molecule has 1 fully saturated rings. The van der Waals surface area contributed by atoms with Gasteiger partial charge in [-0.25, -0.2) is 9.18 Å². The standard InChI is InChI=1S/C13H15FN2O3/c14-10-4-2-1-3-9(10)12(13(18)19)16-7-8(6-15)5-11(16)17/h1-4,8,12H,5-7,15H2,(H,18,19). The summed E-state index contributed by atoms with van der Waals surface area (Å²) >= 11 is 0. The molecule has 102 valence electrons. The molecule has 6 heteroatoms. The summed E-state index contributed by atoms with van der Waals surface area (Å²) in [4.78, 5) is 24.4. The molecule has 2 atom stereocenters. The number of nitrogens with zero attached hydrogens (tertiary/aromatic N) is 1. The van der Waals surface area contributed by atoms with Gasteiger partial charge in [0.1, 0.15) is 5.82 Å². The van der Waals surface area contributed by atoms with Crippen molar-refractivity contribution in [3.8, 4) is 0 Å². The molecule has 2 rings (SSSR count). The number of hydrogen-bond acceptors (Lipinski definition) is 3. The lowest BCUT2D eigenvalue weighted by Crippen LogP contribution is -2.36. The number of carbonyl (C=O) groups is 2. The van der Waals surface area contributed by atoms with Crippen LogP contribution < -0.4 is 5.73 Å². The molecule has 3 N–H and O–H groups in total. The maximum atomic E-state index is 13.7. The maximum absolute atomic E-state index is 13.7. The first kappa shape index (κ1) is 13.5. The van der Waals surface area contributed by atoms with E-state index in [1.54, 1.807) is 6.07 Å². The molecule has 2 unspecified atom stereocenters. The van der Waals surface area contributed by atoms with Crippen LogP contribution in [0.3, 0.4) is 0 Å². The smallest absolute Gasteiger partial charge is 0.331 e. The number of rotatable bonds is 4. The summed E-state index contributed by atoms with van der Waals surface area (Å²) in [6.45, 7) is 0.562. The highest BCUT2D eigenvalue weighted by Gasteiger charge is 2.39. The van der Waals surface area contributed by atoms with Gasteiger partial charge in [-0.15, -0.1) is 0 Å². The predicted molar refractivity (Wildman–Crippen MR) is 65.7 cm³/mol. The van der Waals surface area contributed by atoms with Gasteiger partial charge in [0, 0.05) is 18.5 Å². The van der Waals surface area contributed by atoms with Gasteiger partial charge in [-0.1, -0.05) is 18.2 Å². The average Bonchev–Trinajstić information content (AvgIpc) is 2.73. The Morgan fingerprint density at radius 3 is 2.74 bits per heavy atom. The topological polar surface area (TPSA) is 83.6 Å². The molecule has 0 radical (unpaired) electrons. The molecule has 0 bridgehead atoms. The van der Waals surface area contributed by atoms with Crippen LogP contribution >= 0.6 is 0 Å². The van der Waals surface area contributed by atoms with E-state index in [2.05, 4.69) is 0 Å². The Bertz CT molecular complexity index is 506. The van der Waals surface area contributed by atoms with Crippen LogP contribution in [0.25, 0.3) is 0 Å². The first-order valence-electron chi connectivity index (χ1n) is 6.01. The van der Waals surface area contributed by atoms with Crippen molar-refractivity contribution >= 4 is 11.9 Å². The van der Waals surface area contributed by atoms with Gasteiger partial charge in [0.15, 0.2) is 6.04 Å². The van der Waals surface area contributed by atoms with Crippen molar-refractivity contribution in [2.45, 2.75) is 12.5 Å². The van der Waals surface area contributed by atoms with Crippen molar-refractivity contribution in [2.75, 3.05) is 13.1 Å². The predicted octanol–water partition coefficient (Wildman–Crippen LogP) is 0.759. The molecule has 1 aromatic rings. The number of amides is 1. The summed E-state index contributed by atoms with van der Waals surface area (Å²) in [5.74, 6) is -2.23. The number of likely N-dealkylation sites (tertiary alicyclic amines) is 1. The molecule has 1 heterocycles. The minimum atomic E-state index is -1.29. The third-order valence-corrected chi connectivity index (χ3v) is 3.32. The van der Waals surface area contributed by atoms with E-state index in [0.29, 0.717) is 6.54 Å². The maximum Gasteiger partial charge on any atom is 0.331 e. The minimum absolute atomic E-state index is 0.000946. The fourth-order valence-corrected chi connectivity index (χ4v) is 2.35. The summed E-state index contributed by atoms with van der Waals surface area (Å²) in [6.07, 6.45) is 0.217. The Kier molecular flexibility index (Phi) is 3.80. The van der Waals surface area contributed by atoms with Gasteiger partial charge >= 0.3 is 5.97 Å². The average molecular weight is 266 g/mol. The molecule has 19 heavy (non-hydrogen) atoms. The van der Waals surface area contributed by atoms with Crippen molar-refractivity contribution in [1.29, 1.82) is 0 Å². The number of benzene rings is 1. The Labute approximate surface area is 109 Å². The van der Waals surface area contributed by atoms with Crippen molar-refractivity contribution in [1.82, 2.24) is 4.90 Å². The largest absolute Gasteiger partial charge is 0.479 e. The van der Waals surface area contributed by atoms with E-state index in [1.807, 2.05) is 0 Å². The van der Waals surface area contributed by atoms with Crippen LogP contribution in [0.5, 0.6) is 0 Å². The minimum Gasteiger partial charge on any atom is -0.479 e. The van der Waals surface area contributed by atoms with Gasteiger partial charge in [-0.3, -0.25) is 4.79 Å². The zero-order chi connectivity index (χ0) is 14.0. The van der Waals surface area contributed by atoms with E-state index in [0.717, 1.165) is 0 Å². The number of aliphatic carboxylic acids is 1. The molecule has 1 aromatic carbocycles. The van der Waals surface area contributed by atoms with Gasteiger partial charge in [0.25, 0.3) is 0 Å². The van der Waals surface area contributed by atoms with E-state index in [9.17, 15) is 19.1 Å². The van der Waals surface area contributed by atoms with E-state index in [1.165, 1.54) is 23.1 Å². The summed E-state index contributed by atoms with van der Waals surface area (Å²) in [7, 11) is 0. The van der Waals surface area contributed by atoms with Gasteiger partial charge in [0.05, 0.1) is 0 Å². The quantitative estimate of drug-likeness (QED) is 0.842. The summed E-state index contributed by atoms with van der Waals surface area (Å²) in [6, 6.07) is 4.32. The van der Waals surface area contributed by atoms with Crippen LogP contribution in [0.2, 0.25) is 0 Å². The molecule has 1 saturated heterocycles. The Balaban J connectivity index is 2.35. The second kappa shape index (κ2) is 5.36. The highest BCUT2D eigenvalue weighted by Crippen LogP contribution is 2.30. The van der Waals surface area contributed by atoms with Crippen LogP contribution in [-0.2, 0) is 9.59 Å². The first-order chi connectivity index (χ1) is 9.04. The first-order valence-corrected chi connectivity index (χ1v) is 6.01. The fourth-order valence-electron chi connectivity index (χ4n) is 2.35. The molecule has 0 aliphatic carbocycles. The van der Waals surface area contributed by atoms with E-state index < -0.39 is 17.8 Å². The van der Waals surface area contributed by atoms with Crippen LogP contribution in [0.15, 0.2) is 24.3 Å². The monoisotopic (exact) mass is 266 g/mol. The van der Waals surface area contributed by atoms with Gasteiger partial charge < -0.3 is 15.7 Å². The zero-order valence-electron chi connectivity index (χ0n) is 10.3. The fraction of sp³-hybridized carbons (Fsp3) is 0.385. The molecular weight excluding hydrogens is 251 g/mol. The lowest BCUT2D eigenvalue weighted by Gasteiger charge is -2.25. The molecule has 0 spiro atoms. The summed E-state index contributed by atoms with van der Waals surface area (Å²) in [5, 5.41) is 9.30. The lowest BCUT2D eigenvalue weighted by molar-refractivity contribution is -0.148. The Morgan fingerprint density at radius 1 is 1.53 bits per heavy atom. The van der Waals surface area contributed by atoms with Crippen LogP contribution in [0.1, 0.15) is 18.0 Å². The molecule has 1 aliphatic heterocycles. The summed E-state index contributed by atoms with van der Waals surface area (Å²) in [5.41, 5.74) is 5.50. The number of halogens is 1. The molecular formula is C13H15FN2O3. The third kappa shape index (κ3) is 2.58. The SMILES string of the molecule is NCC1CC(=O)N(C(C(=O)O)c2ccccc2F)C1. The number of hydrogen-bond donors (Lipinski definition) is 2. The number of carboxylic acid groups (broad SMARTS) is 1. The van der Waals surface area contributed by atoms with Crippen LogP contribution in [-0.4, -0.2) is 35.0 Å². The van der Waals surface area contributed by atoms with E-state index in [-0.39, 0.29) is 30.4 Å². The second-order valence-corrected chi connectivity index (χ2v) is 4.61. The lowest BCUT2D eigenvalue weighted by atomic mass is 10.0. The molecule has 1 aliphatic rings. The number of carboxylic acids is 1. The molecule has 5 nitrogen and oxygen atoms in total.